The number of carbonyl (C=O) groups is 1. The molecule has 4 rings (SSSR count). The van der Waals surface area contributed by atoms with Crippen molar-refractivity contribution in [1.82, 2.24) is 9.80 Å². The predicted octanol–water partition coefficient (Wildman–Crippen LogP) is 4.97. The summed E-state index contributed by atoms with van der Waals surface area (Å²) in [5.74, 6) is 2.54. The zero-order valence-corrected chi connectivity index (χ0v) is 23.1. The Morgan fingerprint density at radius 3 is 2.58 bits per heavy atom. The molecule has 2 aliphatic heterocycles. The van der Waals surface area contributed by atoms with E-state index in [1.165, 1.54) is 5.56 Å². The first-order valence-corrected chi connectivity index (χ1v) is 14.2. The van der Waals surface area contributed by atoms with Crippen LogP contribution in [0.3, 0.4) is 0 Å². The monoisotopic (exact) mass is 524 g/mol. The lowest BCUT2D eigenvalue weighted by Crippen LogP contribution is -2.37. The fraction of sp³-hybridized carbons (Fsp3) is 0.581. The smallest absolute Gasteiger partial charge is 0.222 e. The Morgan fingerprint density at radius 2 is 1.76 bits per heavy atom. The van der Waals surface area contributed by atoms with E-state index < -0.39 is 5.60 Å². The van der Waals surface area contributed by atoms with Crippen LogP contribution in [0.2, 0.25) is 0 Å². The molecule has 2 saturated heterocycles. The predicted molar refractivity (Wildman–Crippen MR) is 149 cm³/mol. The van der Waals surface area contributed by atoms with Crippen LogP contribution in [-0.2, 0) is 11.3 Å². The molecule has 0 aromatic heterocycles. The molecule has 2 aromatic carbocycles. The molecule has 0 spiro atoms. The first-order valence-electron chi connectivity index (χ1n) is 14.2. The van der Waals surface area contributed by atoms with Gasteiger partial charge in [-0.2, -0.15) is 0 Å². The van der Waals surface area contributed by atoms with Gasteiger partial charge in [0.05, 0.1) is 19.3 Å². The molecule has 0 saturated carbocycles. The van der Waals surface area contributed by atoms with Gasteiger partial charge in [0.15, 0.2) is 11.5 Å². The molecule has 2 heterocycles. The van der Waals surface area contributed by atoms with Crippen LogP contribution >= 0.6 is 0 Å². The number of likely N-dealkylation sites (tertiary alicyclic amines) is 2. The molecule has 1 N–H and O–H groups in total. The first kappa shape index (κ1) is 28.2. The molecule has 7 nitrogen and oxygen atoms in total. The number of ether oxygens (including phenoxy) is 3. The highest BCUT2D eigenvalue weighted by Crippen LogP contribution is 2.30. The van der Waals surface area contributed by atoms with Crippen LogP contribution in [0.5, 0.6) is 17.2 Å². The maximum atomic E-state index is 12.2. The standard InChI is InChI=1S/C31H44N2O5/c1-25-9-12-27(13-10-25)38-24-31(35)15-6-17-32(20-16-31)23-26-11-14-28(29(22-26)36-2)37-21-7-19-33-18-5-3-4-8-30(33)34/h9-14,22,35H,3-8,15-21,23-24H2,1-2H3/t31-/m1/s1. The Balaban J connectivity index is 1.24. The van der Waals surface area contributed by atoms with E-state index in [1.54, 1.807) is 7.11 Å². The highest BCUT2D eigenvalue weighted by Gasteiger charge is 2.31. The molecule has 0 bridgehead atoms. The lowest BCUT2D eigenvalue weighted by molar-refractivity contribution is -0.130. The Labute approximate surface area is 227 Å². The summed E-state index contributed by atoms with van der Waals surface area (Å²) in [5, 5.41) is 11.2. The van der Waals surface area contributed by atoms with Gasteiger partial charge in [0.2, 0.25) is 5.91 Å². The van der Waals surface area contributed by atoms with Gasteiger partial charge in [-0.15, -0.1) is 0 Å². The van der Waals surface area contributed by atoms with E-state index in [4.69, 9.17) is 14.2 Å². The van der Waals surface area contributed by atoms with Crippen molar-refractivity contribution < 1.29 is 24.1 Å². The Bertz CT molecular complexity index is 1030. The number of hydrogen-bond acceptors (Lipinski definition) is 6. The Morgan fingerprint density at radius 1 is 0.921 bits per heavy atom. The summed E-state index contributed by atoms with van der Waals surface area (Å²) in [6.45, 7) is 7.07. The van der Waals surface area contributed by atoms with Gasteiger partial charge in [-0.25, -0.2) is 0 Å². The number of aryl methyl sites for hydroxylation is 1. The minimum atomic E-state index is -0.813. The van der Waals surface area contributed by atoms with E-state index >= 15 is 0 Å². The topological polar surface area (TPSA) is 71.5 Å². The first-order chi connectivity index (χ1) is 18.4. The summed E-state index contributed by atoms with van der Waals surface area (Å²) < 4.78 is 17.6. The maximum Gasteiger partial charge on any atom is 0.222 e. The zero-order chi connectivity index (χ0) is 26.8. The molecule has 7 heteroatoms. The molecular formula is C31H44N2O5. The molecule has 2 fully saturated rings. The summed E-state index contributed by atoms with van der Waals surface area (Å²) in [7, 11) is 1.67. The van der Waals surface area contributed by atoms with Gasteiger partial charge in [0.1, 0.15) is 12.4 Å². The molecule has 2 aromatic rings. The fourth-order valence-electron chi connectivity index (χ4n) is 5.29. The lowest BCUT2D eigenvalue weighted by Gasteiger charge is -2.27. The van der Waals surface area contributed by atoms with Crippen molar-refractivity contribution >= 4 is 5.91 Å². The van der Waals surface area contributed by atoms with Crippen LogP contribution in [0.15, 0.2) is 42.5 Å². The second-order valence-corrected chi connectivity index (χ2v) is 10.8. The summed E-state index contributed by atoms with van der Waals surface area (Å²) in [6, 6.07) is 14.1. The van der Waals surface area contributed by atoms with Gasteiger partial charge in [-0.05, 0) is 81.8 Å². The summed E-state index contributed by atoms with van der Waals surface area (Å²) in [6.07, 6.45) is 7.06. The van der Waals surface area contributed by atoms with E-state index in [9.17, 15) is 9.90 Å². The van der Waals surface area contributed by atoms with E-state index in [2.05, 4.69) is 17.9 Å². The maximum absolute atomic E-state index is 12.2. The van der Waals surface area contributed by atoms with Crippen molar-refractivity contribution in [3.63, 3.8) is 0 Å². The molecule has 38 heavy (non-hydrogen) atoms. The summed E-state index contributed by atoms with van der Waals surface area (Å²) in [5.41, 5.74) is 1.54. The third-order valence-corrected chi connectivity index (χ3v) is 7.67. The van der Waals surface area contributed by atoms with Gasteiger partial charge in [0, 0.05) is 32.6 Å². The highest BCUT2D eigenvalue weighted by atomic mass is 16.5. The Hall–Kier alpha value is -2.77. The van der Waals surface area contributed by atoms with E-state index in [1.807, 2.05) is 41.3 Å². The lowest BCUT2D eigenvalue weighted by atomic mass is 9.96. The third-order valence-electron chi connectivity index (χ3n) is 7.67. The van der Waals surface area contributed by atoms with Crippen LogP contribution in [-0.4, -0.2) is 72.9 Å². The zero-order valence-electron chi connectivity index (χ0n) is 23.1. The van der Waals surface area contributed by atoms with Crippen LogP contribution < -0.4 is 14.2 Å². The number of nitrogens with zero attached hydrogens (tertiary/aromatic N) is 2. The minimum absolute atomic E-state index is 0.273. The van der Waals surface area contributed by atoms with Gasteiger partial charge in [0.25, 0.3) is 0 Å². The van der Waals surface area contributed by atoms with Crippen molar-refractivity contribution in [2.24, 2.45) is 0 Å². The van der Waals surface area contributed by atoms with Gasteiger partial charge >= 0.3 is 0 Å². The second-order valence-electron chi connectivity index (χ2n) is 10.8. The number of amides is 1. The van der Waals surface area contributed by atoms with Crippen molar-refractivity contribution in [3.8, 4) is 17.2 Å². The van der Waals surface area contributed by atoms with E-state index in [-0.39, 0.29) is 5.91 Å². The fourth-order valence-corrected chi connectivity index (χ4v) is 5.29. The molecule has 2 aliphatic rings. The normalized spacial score (nSPS) is 21.0. The van der Waals surface area contributed by atoms with Crippen molar-refractivity contribution in [2.45, 2.75) is 70.4 Å². The van der Waals surface area contributed by atoms with E-state index in [0.717, 1.165) is 94.1 Å². The minimum Gasteiger partial charge on any atom is -0.493 e. The summed E-state index contributed by atoms with van der Waals surface area (Å²) >= 11 is 0. The van der Waals surface area contributed by atoms with Crippen LogP contribution in [0.4, 0.5) is 0 Å². The number of methoxy groups -OCH3 is 1. The molecule has 1 atom stereocenters. The van der Waals surface area contributed by atoms with Crippen molar-refractivity contribution in [2.75, 3.05) is 46.5 Å². The van der Waals surface area contributed by atoms with E-state index in [0.29, 0.717) is 26.1 Å². The SMILES string of the molecule is COc1cc(CN2CCC[C@](O)(COc3ccc(C)cc3)CC2)ccc1OCCCN1CCCCCC1=O. The average molecular weight is 525 g/mol. The average Bonchev–Trinajstić information content (AvgIpc) is 3.24. The number of carbonyl (C=O) groups excluding carboxylic acids is 1. The van der Waals surface area contributed by atoms with Gasteiger partial charge < -0.3 is 24.2 Å². The Kier molecular flexibility index (Phi) is 10.3. The molecule has 0 aliphatic carbocycles. The van der Waals surface area contributed by atoms with Crippen LogP contribution in [0.25, 0.3) is 0 Å². The third kappa shape index (κ3) is 8.37. The molecule has 0 unspecified atom stereocenters. The second kappa shape index (κ2) is 13.9. The highest BCUT2D eigenvalue weighted by molar-refractivity contribution is 5.76. The molecule has 208 valence electrons. The number of benzene rings is 2. The number of aliphatic hydroxyl groups is 1. The van der Waals surface area contributed by atoms with Gasteiger partial charge in [-0.3, -0.25) is 9.69 Å². The number of rotatable bonds is 11. The number of hydrogen-bond donors (Lipinski definition) is 1. The van der Waals surface area contributed by atoms with Crippen LogP contribution in [0.1, 0.15) is 62.5 Å². The molecule has 1 amide bonds. The largest absolute Gasteiger partial charge is 0.493 e. The molecular weight excluding hydrogens is 480 g/mol. The van der Waals surface area contributed by atoms with Gasteiger partial charge in [-0.1, -0.05) is 30.2 Å². The summed E-state index contributed by atoms with van der Waals surface area (Å²) in [4.78, 5) is 16.5. The quantitative estimate of drug-likeness (QED) is 0.419. The van der Waals surface area contributed by atoms with Crippen LogP contribution in [0, 0.1) is 6.92 Å². The van der Waals surface area contributed by atoms with Crippen molar-refractivity contribution in [3.05, 3.63) is 53.6 Å². The van der Waals surface area contributed by atoms with Crippen molar-refractivity contribution in [1.29, 1.82) is 0 Å². The molecule has 0 radical (unpaired) electrons.